The summed E-state index contributed by atoms with van der Waals surface area (Å²) in [4.78, 5) is 29.0. The number of rotatable bonds is 5. The first-order valence-corrected chi connectivity index (χ1v) is 11.8. The van der Waals surface area contributed by atoms with E-state index in [1.807, 2.05) is 12.1 Å². The van der Waals surface area contributed by atoms with Gasteiger partial charge in [0.05, 0.1) is 18.2 Å². The summed E-state index contributed by atoms with van der Waals surface area (Å²) < 4.78 is 10.6. The van der Waals surface area contributed by atoms with Crippen LogP contribution in [-0.4, -0.2) is 37.0 Å². The molecule has 33 heavy (non-hydrogen) atoms. The first-order valence-electron chi connectivity index (χ1n) is 11.0. The lowest BCUT2D eigenvalue weighted by Crippen LogP contribution is -2.38. The van der Waals surface area contributed by atoms with Gasteiger partial charge in [0.1, 0.15) is 22.7 Å². The second kappa shape index (κ2) is 8.88. The van der Waals surface area contributed by atoms with Crippen LogP contribution in [0.25, 0.3) is 0 Å². The molecule has 0 unspecified atom stereocenters. The van der Waals surface area contributed by atoms with Crippen molar-refractivity contribution in [1.82, 2.24) is 10.2 Å². The van der Waals surface area contributed by atoms with Crippen molar-refractivity contribution in [2.75, 3.05) is 25.5 Å². The van der Waals surface area contributed by atoms with Gasteiger partial charge in [-0.05, 0) is 60.5 Å². The van der Waals surface area contributed by atoms with E-state index in [1.54, 1.807) is 54.8 Å². The van der Waals surface area contributed by atoms with Crippen LogP contribution in [0, 0.1) is 0 Å². The second-order valence-electron chi connectivity index (χ2n) is 8.06. The Morgan fingerprint density at radius 3 is 2.52 bits per heavy atom. The highest BCUT2D eigenvalue weighted by Gasteiger charge is 2.33. The van der Waals surface area contributed by atoms with Gasteiger partial charge < -0.3 is 20.1 Å². The van der Waals surface area contributed by atoms with E-state index < -0.39 is 5.97 Å². The van der Waals surface area contributed by atoms with Gasteiger partial charge in [-0.2, -0.15) is 0 Å². The molecule has 2 aliphatic heterocycles. The second-order valence-corrected chi connectivity index (χ2v) is 9.17. The van der Waals surface area contributed by atoms with Crippen LogP contribution >= 0.6 is 11.3 Å². The fraction of sp³-hybridized carbons (Fsp3) is 0.280. The summed E-state index contributed by atoms with van der Waals surface area (Å²) >= 11 is 1.68. The average Bonchev–Trinajstić information content (AvgIpc) is 3.22. The predicted octanol–water partition coefficient (Wildman–Crippen LogP) is 4.21. The molecule has 2 N–H and O–H groups in total. The van der Waals surface area contributed by atoms with Crippen molar-refractivity contribution in [3.05, 3.63) is 75.7 Å². The Morgan fingerprint density at radius 2 is 1.82 bits per heavy atom. The number of esters is 1. The summed E-state index contributed by atoms with van der Waals surface area (Å²) in [5.41, 5.74) is 3.31. The van der Waals surface area contributed by atoms with Gasteiger partial charge in [0.15, 0.2) is 0 Å². The van der Waals surface area contributed by atoms with Gasteiger partial charge in [-0.3, -0.25) is 9.69 Å². The maximum absolute atomic E-state index is 12.9. The van der Waals surface area contributed by atoms with Crippen LogP contribution in [0.5, 0.6) is 11.5 Å². The average molecular weight is 464 g/mol. The molecule has 1 atom stereocenters. The molecular formula is C25H25N3O4S. The van der Waals surface area contributed by atoms with Crippen molar-refractivity contribution in [2.45, 2.75) is 26.1 Å². The molecule has 0 saturated heterocycles. The van der Waals surface area contributed by atoms with Gasteiger partial charge in [-0.1, -0.05) is 19.1 Å². The minimum atomic E-state index is -0.440. The molecule has 0 spiro atoms. The minimum Gasteiger partial charge on any atom is -0.497 e. The molecule has 7 nitrogen and oxygen atoms in total. The van der Waals surface area contributed by atoms with Crippen molar-refractivity contribution in [3.8, 4) is 11.5 Å². The van der Waals surface area contributed by atoms with Gasteiger partial charge >= 0.3 is 5.97 Å². The normalized spacial score (nSPS) is 17.4. The quantitative estimate of drug-likeness (QED) is 0.436. The van der Waals surface area contributed by atoms with E-state index in [0.29, 0.717) is 17.1 Å². The fourth-order valence-electron chi connectivity index (χ4n) is 4.23. The SMILES string of the molecule is CCN1CCc2c(sc3c2C(=O)N[C@H](c2ccc(OC(=O)c4ccc(OC)cc4)cc2)N3)C1. The molecule has 0 saturated carbocycles. The third kappa shape index (κ3) is 4.19. The van der Waals surface area contributed by atoms with Crippen LogP contribution in [0.2, 0.25) is 0 Å². The van der Waals surface area contributed by atoms with Crippen LogP contribution < -0.4 is 20.1 Å². The Bertz CT molecular complexity index is 1190. The van der Waals surface area contributed by atoms with Crippen molar-refractivity contribution in [2.24, 2.45) is 0 Å². The number of nitrogens with zero attached hydrogens (tertiary/aromatic N) is 1. The van der Waals surface area contributed by atoms with Crippen molar-refractivity contribution < 1.29 is 19.1 Å². The van der Waals surface area contributed by atoms with Crippen LogP contribution in [0.4, 0.5) is 5.00 Å². The highest BCUT2D eigenvalue weighted by molar-refractivity contribution is 7.16. The molecule has 2 aromatic carbocycles. The van der Waals surface area contributed by atoms with Gasteiger partial charge in [0, 0.05) is 18.0 Å². The Hall–Kier alpha value is -3.36. The molecular weight excluding hydrogens is 438 g/mol. The molecule has 3 heterocycles. The number of ether oxygens (including phenoxy) is 2. The number of fused-ring (bicyclic) bond motifs is 3. The summed E-state index contributed by atoms with van der Waals surface area (Å²) in [5.74, 6) is 0.639. The first kappa shape index (κ1) is 21.5. The lowest BCUT2D eigenvalue weighted by atomic mass is 10.0. The van der Waals surface area contributed by atoms with Crippen molar-refractivity contribution >= 4 is 28.2 Å². The molecule has 5 rings (SSSR count). The number of anilines is 1. The number of benzene rings is 2. The zero-order valence-electron chi connectivity index (χ0n) is 18.5. The zero-order chi connectivity index (χ0) is 22.9. The number of hydrogen-bond acceptors (Lipinski definition) is 7. The largest absolute Gasteiger partial charge is 0.497 e. The molecule has 0 aliphatic carbocycles. The Kier molecular flexibility index (Phi) is 5.78. The lowest BCUT2D eigenvalue weighted by Gasteiger charge is -2.28. The number of amides is 1. The molecule has 1 amide bonds. The molecule has 1 aromatic heterocycles. The van der Waals surface area contributed by atoms with Crippen LogP contribution in [-0.2, 0) is 13.0 Å². The minimum absolute atomic E-state index is 0.0359. The summed E-state index contributed by atoms with van der Waals surface area (Å²) in [6.07, 6.45) is 0.571. The maximum Gasteiger partial charge on any atom is 0.343 e. The topological polar surface area (TPSA) is 79.9 Å². The first-order chi connectivity index (χ1) is 16.1. The van der Waals surface area contributed by atoms with Crippen LogP contribution in [0.1, 0.15) is 49.8 Å². The van der Waals surface area contributed by atoms with Crippen molar-refractivity contribution in [3.63, 3.8) is 0 Å². The lowest BCUT2D eigenvalue weighted by molar-refractivity contribution is 0.0734. The van der Waals surface area contributed by atoms with E-state index >= 15 is 0 Å². The van der Waals surface area contributed by atoms with Gasteiger partial charge in [-0.15, -0.1) is 11.3 Å². The number of thiophene rings is 1. The number of methoxy groups -OCH3 is 1. The summed E-state index contributed by atoms with van der Waals surface area (Å²) in [7, 11) is 1.58. The summed E-state index contributed by atoms with van der Waals surface area (Å²) in [5, 5.41) is 7.48. The zero-order valence-corrected chi connectivity index (χ0v) is 19.3. The number of carbonyl (C=O) groups is 2. The number of hydrogen-bond donors (Lipinski definition) is 2. The van der Waals surface area contributed by atoms with Crippen molar-refractivity contribution in [1.29, 1.82) is 0 Å². The molecule has 8 heteroatoms. The molecule has 170 valence electrons. The molecule has 3 aromatic rings. The van der Waals surface area contributed by atoms with E-state index in [4.69, 9.17) is 9.47 Å². The smallest absolute Gasteiger partial charge is 0.343 e. The van der Waals surface area contributed by atoms with E-state index in [-0.39, 0.29) is 12.1 Å². The van der Waals surface area contributed by atoms with E-state index in [9.17, 15) is 9.59 Å². The van der Waals surface area contributed by atoms with Crippen LogP contribution in [0.15, 0.2) is 48.5 Å². The Morgan fingerprint density at radius 1 is 1.09 bits per heavy atom. The summed E-state index contributed by atoms with van der Waals surface area (Å²) in [6, 6.07) is 13.9. The highest BCUT2D eigenvalue weighted by atomic mass is 32.1. The third-order valence-corrected chi connectivity index (χ3v) is 7.26. The van der Waals surface area contributed by atoms with Gasteiger partial charge in [-0.25, -0.2) is 4.79 Å². The maximum atomic E-state index is 12.9. The van der Waals surface area contributed by atoms with Crippen LogP contribution in [0.3, 0.4) is 0 Å². The summed E-state index contributed by atoms with van der Waals surface area (Å²) in [6.45, 7) is 5.06. The Labute approximate surface area is 196 Å². The number of nitrogens with one attached hydrogen (secondary N) is 2. The highest BCUT2D eigenvalue weighted by Crippen LogP contribution is 2.40. The van der Waals surface area contributed by atoms with E-state index in [0.717, 1.165) is 42.2 Å². The molecule has 0 fully saturated rings. The number of likely N-dealkylation sites (N-methyl/N-ethyl adjacent to an activating group) is 1. The Balaban J connectivity index is 1.28. The van der Waals surface area contributed by atoms with Gasteiger partial charge in [0.25, 0.3) is 5.91 Å². The van der Waals surface area contributed by atoms with E-state index in [2.05, 4.69) is 22.5 Å². The van der Waals surface area contributed by atoms with E-state index in [1.165, 1.54) is 10.4 Å². The standard InChI is InChI=1S/C25H25N3O4S/c1-3-28-13-12-19-20(14-28)33-24-21(19)23(29)26-22(27-24)15-4-10-18(11-5-15)32-25(30)16-6-8-17(31-2)9-7-16/h4-11,22,27H,3,12-14H2,1-2H3,(H,26,29)/t22-/m0/s1. The monoisotopic (exact) mass is 463 g/mol. The number of carbonyl (C=O) groups excluding carboxylic acids is 2. The molecule has 0 radical (unpaired) electrons. The third-order valence-electron chi connectivity index (χ3n) is 6.11. The molecule has 0 bridgehead atoms. The van der Waals surface area contributed by atoms with Gasteiger partial charge in [0.2, 0.25) is 0 Å². The predicted molar refractivity (Wildman–Crippen MR) is 127 cm³/mol. The fourth-order valence-corrected chi connectivity index (χ4v) is 5.54. The molecule has 2 aliphatic rings.